The van der Waals surface area contributed by atoms with Gasteiger partial charge in [-0.25, -0.2) is 8.42 Å². The smallest absolute Gasteiger partial charge is 0.188 e. The first kappa shape index (κ1) is 27.2. The molecule has 0 unspecified atom stereocenters. The summed E-state index contributed by atoms with van der Waals surface area (Å²) in [4.78, 5) is -0.205. The predicted molar refractivity (Wildman–Crippen MR) is 131 cm³/mol. The first-order valence-corrected chi connectivity index (χ1v) is 13.1. The van der Waals surface area contributed by atoms with E-state index in [-0.39, 0.29) is 27.2 Å². The van der Waals surface area contributed by atoms with Crippen molar-refractivity contribution in [3.05, 3.63) is 33.7 Å². The van der Waals surface area contributed by atoms with Crippen molar-refractivity contribution in [3.63, 3.8) is 0 Å². The summed E-state index contributed by atoms with van der Waals surface area (Å²) in [6.45, 7) is 14.2. The topological polar surface area (TPSA) is 78.2 Å². The summed E-state index contributed by atoms with van der Waals surface area (Å²) in [5.74, 6) is 0.234. The zero-order valence-electron chi connectivity index (χ0n) is 20.5. The molecule has 31 heavy (non-hydrogen) atoms. The van der Waals surface area contributed by atoms with Crippen LogP contribution in [0.4, 0.5) is 0 Å². The second-order valence-corrected chi connectivity index (χ2v) is 12.6. The number of rotatable bonds is 10. The molecule has 0 spiro atoms. The molecule has 4 nitrogen and oxygen atoms in total. The number of nitriles is 1. The molecule has 5 heteroatoms. The van der Waals surface area contributed by atoms with E-state index in [1.165, 1.54) is 25.3 Å². The maximum atomic E-state index is 12.8. The molecule has 0 saturated carbocycles. The van der Waals surface area contributed by atoms with Gasteiger partial charge in [0.1, 0.15) is 16.7 Å². The van der Waals surface area contributed by atoms with E-state index in [9.17, 15) is 18.8 Å². The highest BCUT2D eigenvalue weighted by molar-refractivity contribution is 7.95. The summed E-state index contributed by atoms with van der Waals surface area (Å²) in [6, 6.07) is 5.49. The highest BCUT2D eigenvalue weighted by Crippen LogP contribution is 2.40. The highest BCUT2D eigenvalue weighted by atomic mass is 32.2. The van der Waals surface area contributed by atoms with Crippen molar-refractivity contribution in [2.75, 3.05) is 5.75 Å². The number of aromatic hydroxyl groups is 1. The summed E-state index contributed by atoms with van der Waals surface area (Å²) in [5, 5.41) is 20.4. The molecule has 0 saturated heterocycles. The molecule has 174 valence electrons. The van der Waals surface area contributed by atoms with Crippen molar-refractivity contribution in [1.29, 1.82) is 5.26 Å². The lowest BCUT2D eigenvalue weighted by Crippen LogP contribution is -2.17. The molecular weight excluding hydrogens is 406 g/mol. The van der Waals surface area contributed by atoms with Crippen LogP contribution in [0.5, 0.6) is 5.75 Å². The first-order valence-electron chi connectivity index (χ1n) is 11.5. The van der Waals surface area contributed by atoms with Gasteiger partial charge in [-0.05, 0) is 41.0 Å². The molecule has 1 aromatic rings. The molecule has 1 N–H and O–H groups in total. The van der Waals surface area contributed by atoms with Gasteiger partial charge in [0.2, 0.25) is 0 Å². The van der Waals surface area contributed by atoms with Crippen LogP contribution in [0, 0.1) is 11.3 Å². The van der Waals surface area contributed by atoms with Gasteiger partial charge in [-0.1, -0.05) is 87.0 Å². The number of allylic oxidation sites excluding steroid dienone is 1. The van der Waals surface area contributed by atoms with E-state index in [0.717, 1.165) is 30.4 Å². The van der Waals surface area contributed by atoms with E-state index in [4.69, 9.17) is 0 Å². The third-order valence-corrected chi connectivity index (χ3v) is 7.21. The minimum atomic E-state index is -3.64. The fourth-order valence-corrected chi connectivity index (χ4v) is 4.84. The van der Waals surface area contributed by atoms with Gasteiger partial charge in [-0.2, -0.15) is 5.26 Å². The van der Waals surface area contributed by atoms with E-state index in [2.05, 4.69) is 6.92 Å². The van der Waals surface area contributed by atoms with Crippen molar-refractivity contribution < 1.29 is 13.5 Å². The Bertz CT molecular complexity index is 872. The number of nitrogens with zero attached hydrogens (tertiary/aromatic N) is 1. The molecule has 0 radical (unpaired) electrons. The van der Waals surface area contributed by atoms with Crippen LogP contribution in [0.25, 0.3) is 6.08 Å². The van der Waals surface area contributed by atoms with E-state index in [0.29, 0.717) is 12.0 Å². The largest absolute Gasteiger partial charge is 0.507 e. The lowest BCUT2D eigenvalue weighted by atomic mass is 9.78. The third kappa shape index (κ3) is 8.33. The number of hydrogen-bond donors (Lipinski definition) is 1. The van der Waals surface area contributed by atoms with Crippen LogP contribution in [0.15, 0.2) is 17.0 Å². The van der Waals surface area contributed by atoms with Crippen molar-refractivity contribution in [2.45, 2.75) is 104 Å². The van der Waals surface area contributed by atoms with Gasteiger partial charge in [0, 0.05) is 11.1 Å². The molecule has 0 fully saturated rings. The Balaban J connectivity index is 3.17. The van der Waals surface area contributed by atoms with Crippen LogP contribution in [0.3, 0.4) is 0 Å². The third-order valence-electron chi connectivity index (χ3n) is 5.51. The number of phenols is 1. The summed E-state index contributed by atoms with van der Waals surface area (Å²) in [5.41, 5.74) is 1.47. The Hall–Kier alpha value is -1.80. The molecular formula is C26H41NO3S. The van der Waals surface area contributed by atoms with E-state index in [1.54, 1.807) is 12.1 Å². The molecule has 0 heterocycles. The lowest BCUT2D eigenvalue weighted by Gasteiger charge is -2.28. The van der Waals surface area contributed by atoms with Gasteiger partial charge < -0.3 is 5.11 Å². The van der Waals surface area contributed by atoms with Gasteiger partial charge in [-0.3, -0.25) is 0 Å². The Morgan fingerprint density at radius 2 is 1.39 bits per heavy atom. The Morgan fingerprint density at radius 1 is 0.935 bits per heavy atom. The van der Waals surface area contributed by atoms with Crippen molar-refractivity contribution in [2.24, 2.45) is 0 Å². The molecule has 0 aliphatic rings. The predicted octanol–water partition coefficient (Wildman–Crippen LogP) is 7.02. The number of sulfone groups is 1. The van der Waals surface area contributed by atoms with Crippen LogP contribution >= 0.6 is 0 Å². The lowest BCUT2D eigenvalue weighted by molar-refractivity contribution is 0.423. The molecule has 0 aromatic heterocycles. The molecule has 1 aromatic carbocycles. The standard InChI is InChI=1S/C26H41NO3S/c1-8-9-10-11-12-13-14-15-31(29,30)21(19-27)16-20-17-22(25(2,3)4)24(28)23(18-20)26(5,6)7/h16-18,28H,8-15H2,1-7H3. The summed E-state index contributed by atoms with van der Waals surface area (Å²) < 4.78 is 25.6. The average Bonchev–Trinajstić information content (AvgIpc) is 2.64. The summed E-state index contributed by atoms with van der Waals surface area (Å²) in [7, 11) is -3.64. The normalized spacial score (nSPS) is 13.3. The van der Waals surface area contributed by atoms with Gasteiger partial charge in [0.15, 0.2) is 9.84 Å². The molecule has 0 bridgehead atoms. The number of hydrogen-bond acceptors (Lipinski definition) is 4. The molecule has 0 aliphatic carbocycles. The van der Waals surface area contributed by atoms with Crippen LogP contribution in [-0.2, 0) is 20.7 Å². The molecule has 0 aliphatic heterocycles. The molecule has 0 amide bonds. The fourth-order valence-electron chi connectivity index (χ4n) is 3.59. The quantitative estimate of drug-likeness (QED) is 0.309. The van der Waals surface area contributed by atoms with E-state index in [1.807, 2.05) is 47.6 Å². The minimum absolute atomic E-state index is 0.00346. The Kier molecular flexibility index (Phi) is 9.82. The molecule has 1 rings (SSSR count). The first-order chi connectivity index (χ1) is 14.2. The molecule has 0 atom stereocenters. The fraction of sp³-hybridized carbons (Fsp3) is 0.654. The van der Waals surface area contributed by atoms with E-state index >= 15 is 0 Å². The minimum Gasteiger partial charge on any atom is -0.507 e. The maximum absolute atomic E-state index is 12.8. The van der Waals surface area contributed by atoms with Crippen LogP contribution in [0.1, 0.15) is 110 Å². The van der Waals surface area contributed by atoms with Crippen LogP contribution < -0.4 is 0 Å². The number of unbranched alkanes of at least 4 members (excludes halogenated alkanes) is 6. The average molecular weight is 448 g/mol. The SMILES string of the molecule is CCCCCCCCCS(=O)(=O)C(C#N)=Cc1cc(C(C)(C)C)c(O)c(C(C)(C)C)c1. The van der Waals surface area contributed by atoms with Gasteiger partial charge in [0.25, 0.3) is 0 Å². The Morgan fingerprint density at radius 3 is 1.81 bits per heavy atom. The summed E-state index contributed by atoms with van der Waals surface area (Å²) in [6.07, 6.45) is 8.67. The van der Waals surface area contributed by atoms with Crippen molar-refractivity contribution in [1.82, 2.24) is 0 Å². The number of phenolic OH excluding ortho intramolecular Hbond substituents is 1. The van der Waals surface area contributed by atoms with Gasteiger partial charge >= 0.3 is 0 Å². The van der Waals surface area contributed by atoms with Gasteiger partial charge in [0.05, 0.1) is 5.75 Å². The number of benzene rings is 1. The van der Waals surface area contributed by atoms with Gasteiger partial charge in [-0.15, -0.1) is 0 Å². The van der Waals surface area contributed by atoms with E-state index < -0.39 is 9.84 Å². The second-order valence-electron chi connectivity index (χ2n) is 10.5. The summed E-state index contributed by atoms with van der Waals surface area (Å²) >= 11 is 0. The van der Waals surface area contributed by atoms with Crippen molar-refractivity contribution >= 4 is 15.9 Å². The highest BCUT2D eigenvalue weighted by Gasteiger charge is 2.27. The maximum Gasteiger partial charge on any atom is 0.188 e. The second kappa shape index (κ2) is 11.2. The monoisotopic (exact) mass is 447 g/mol. The van der Waals surface area contributed by atoms with Crippen molar-refractivity contribution in [3.8, 4) is 11.8 Å². The van der Waals surface area contributed by atoms with Crippen LogP contribution in [-0.4, -0.2) is 19.3 Å². The van der Waals surface area contributed by atoms with Crippen LogP contribution in [0.2, 0.25) is 0 Å². The zero-order valence-corrected chi connectivity index (χ0v) is 21.3. The zero-order chi connectivity index (χ0) is 23.9. The Labute approximate surface area is 190 Å².